The summed E-state index contributed by atoms with van der Waals surface area (Å²) in [5, 5.41) is 10.2. The molecule has 0 saturated carbocycles. The van der Waals surface area contributed by atoms with Gasteiger partial charge in [-0.1, -0.05) is 13.5 Å². The van der Waals surface area contributed by atoms with E-state index in [1.807, 2.05) is 0 Å². The van der Waals surface area contributed by atoms with Gasteiger partial charge < -0.3 is 9.83 Å². The van der Waals surface area contributed by atoms with Crippen molar-refractivity contribution >= 4 is 13.0 Å². The molecule has 0 saturated heterocycles. The summed E-state index contributed by atoms with van der Waals surface area (Å²) in [4.78, 5) is 17.4. The van der Waals surface area contributed by atoms with Gasteiger partial charge in [0.25, 0.3) is 0 Å². The van der Waals surface area contributed by atoms with Crippen LogP contribution < -0.4 is 103 Å². The monoisotopic (exact) mass is 265 g/mol. The second-order valence-corrected chi connectivity index (χ2v) is 2.76. The number of carbonyl (C=O) groups is 1. The van der Waals surface area contributed by atoms with E-state index in [2.05, 4.69) is 4.84 Å². The fourth-order valence-corrected chi connectivity index (χ4v) is 0.605. The topological polar surface area (TPSA) is 53.0 Å². The Labute approximate surface area is 177 Å². The fourth-order valence-electron chi connectivity index (χ4n) is 0.605. The first-order chi connectivity index (χ1) is 5.99. The first kappa shape index (κ1) is 22.8. The quantitative estimate of drug-likeness (QED) is 0.305. The Bertz CT molecular complexity index is 174. The molecule has 0 fully saturated rings. The molecule has 1 N–H and O–H groups in total. The van der Waals surface area contributed by atoms with Crippen LogP contribution in [0.4, 0.5) is 0 Å². The zero-order valence-corrected chi connectivity index (χ0v) is 16.8. The van der Waals surface area contributed by atoms with E-state index >= 15 is 0 Å². The number of amides is 1. The molecule has 0 atom stereocenters. The van der Waals surface area contributed by atoms with Crippen LogP contribution in [-0.2, 0) is 9.63 Å². The Morgan fingerprint density at radius 2 is 1.93 bits per heavy atom. The number of hydroxylamine groups is 2. The summed E-state index contributed by atoms with van der Waals surface area (Å²) in [7, 11) is 4.08. The molecular weight excluding hydrogens is 249 g/mol. The molecule has 0 aliphatic carbocycles. The minimum Gasteiger partial charge on any atom is -0.475 e. The Morgan fingerprint density at radius 1 is 1.47 bits per heavy atom. The second kappa shape index (κ2) is 13.1. The number of carbonyl (C=O) groups excluding carboxylic acids is 1. The molecule has 0 aliphatic heterocycles. The Balaban J connectivity index is -0.000000720. The van der Waals surface area contributed by atoms with E-state index in [0.717, 1.165) is 5.06 Å². The molecule has 5 nitrogen and oxygen atoms in total. The van der Waals surface area contributed by atoms with Gasteiger partial charge in [0.15, 0.2) is 0 Å². The van der Waals surface area contributed by atoms with Crippen molar-refractivity contribution in [1.82, 2.24) is 9.87 Å². The normalized spacial score (nSPS) is 8.93. The van der Waals surface area contributed by atoms with Crippen molar-refractivity contribution in [1.29, 1.82) is 0 Å². The van der Waals surface area contributed by atoms with Gasteiger partial charge in [-0.3, -0.25) is 16.2 Å². The molecule has 0 spiro atoms. The van der Waals surface area contributed by atoms with Gasteiger partial charge in [0.2, 0.25) is 5.91 Å². The summed E-state index contributed by atoms with van der Waals surface area (Å²) in [6, 6.07) is 0. The predicted octanol–water partition coefficient (Wildman–Crippen LogP) is -6.39. The van der Waals surface area contributed by atoms with Crippen LogP contribution in [0.3, 0.4) is 0 Å². The van der Waals surface area contributed by atoms with Crippen molar-refractivity contribution < 1.29 is 117 Å². The Kier molecular flexibility index (Phi) is 20.0. The van der Waals surface area contributed by atoms with Crippen molar-refractivity contribution in [2.24, 2.45) is 0 Å². The summed E-state index contributed by atoms with van der Waals surface area (Å²) in [5.74, 6) is -0.157. The van der Waals surface area contributed by atoms with Gasteiger partial charge >= 0.3 is 110 Å². The van der Waals surface area contributed by atoms with Crippen LogP contribution in [-0.4, -0.2) is 49.1 Å². The van der Waals surface area contributed by atoms with Crippen LogP contribution in [0, 0.1) is 6.54 Å². The summed E-state index contributed by atoms with van der Waals surface area (Å²) in [5.41, 5.74) is 0. The molecular formula is C7H16BK2N2O3+. The maximum atomic E-state index is 11.2. The molecule has 76 valence electrons. The molecule has 0 unspecified atom stereocenters. The maximum absolute atomic E-state index is 11.2. The molecule has 0 aliphatic rings. The van der Waals surface area contributed by atoms with Crippen LogP contribution in [0.5, 0.6) is 0 Å². The Morgan fingerprint density at radius 3 is 2.27 bits per heavy atom. The standard InChI is InChI=1S/C7H16BN2O3.2K/c1-8(12)9(2)6-5-7(11)10(3)13-4;;/h6,12H,5H2,1-4H3;;/q-1;2*+1. The SMILES string of the molecule is CON(C)C(=O)C[CH-]N(C)B(C)O.[K+].[K+]. The van der Waals surface area contributed by atoms with Crippen molar-refractivity contribution in [3.05, 3.63) is 6.54 Å². The zero-order chi connectivity index (χ0) is 10.4. The number of hydrogen-bond acceptors (Lipinski definition) is 4. The smallest absolute Gasteiger partial charge is 0.475 e. The first-order valence-electron chi connectivity index (χ1n) is 4.03. The minimum absolute atomic E-state index is 0. The molecule has 15 heavy (non-hydrogen) atoms. The maximum Gasteiger partial charge on any atom is 1.00 e. The summed E-state index contributed by atoms with van der Waals surface area (Å²) in [6.45, 7) is 3.24. The molecule has 0 bridgehead atoms. The van der Waals surface area contributed by atoms with Crippen molar-refractivity contribution in [2.75, 3.05) is 21.2 Å². The van der Waals surface area contributed by atoms with E-state index < -0.39 is 7.05 Å². The summed E-state index contributed by atoms with van der Waals surface area (Å²) in [6.07, 6.45) is 0.214. The summed E-state index contributed by atoms with van der Waals surface area (Å²) >= 11 is 0. The van der Waals surface area contributed by atoms with Gasteiger partial charge in [0.05, 0.1) is 7.11 Å². The summed E-state index contributed by atoms with van der Waals surface area (Å²) < 4.78 is 0. The molecule has 0 radical (unpaired) electrons. The predicted molar refractivity (Wildman–Crippen MR) is 50.3 cm³/mol. The molecule has 0 aromatic rings. The average molecular weight is 265 g/mol. The molecule has 0 heterocycles. The van der Waals surface area contributed by atoms with E-state index in [0.29, 0.717) is 0 Å². The van der Waals surface area contributed by atoms with Gasteiger partial charge in [-0.2, -0.15) is 0 Å². The van der Waals surface area contributed by atoms with E-state index in [4.69, 9.17) is 5.02 Å². The third-order valence-electron chi connectivity index (χ3n) is 1.77. The first-order valence-corrected chi connectivity index (χ1v) is 4.03. The van der Waals surface area contributed by atoms with Gasteiger partial charge in [0, 0.05) is 7.05 Å². The van der Waals surface area contributed by atoms with Gasteiger partial charge in [0.1, 0.15) is 0 Å². The number of nitrogens with zero attached hydrogens (tertiary/aromatic N) is 2. The largest absolute Gasteiger partial charge is 1.00 e. The molecule has 0 aromatic carbocycles. The van der Waals surface area contributed by atoms with Gasteiger partial charge in [-0.15, -0.1) is 0 Å². The van der Waals surface area contributed by atoms with Crippen molar-refractivity contribution in [3.8, 4) is 0 Å². The number of hydrogen-bond donors (Lipinski definition) is 1. The van der Waals surface area contributed by atoms with E-state index in [1.54, 1.807) is 32.3 Å². The number of rotatable bonds is 5. The van der Waals surface area contributed by atoms with E-state index in [-0.39, 0.29) is 115 Å². The van der Waals surface area contributed by atoms with E-state index in [9.17, 15) is 4.79 Å². The van der Waals surface area contributed by atoms with Crippen LogP contribution in [0.2, 0.25) is 6.82 Å². The van der Waals surface area contributed by atoms with Gasteiger partial charge in [-0.05, 0) is 6.82 Å². The third kappa shape index (κ3) is 11.5. The Hall–Kier alpha value is 2.69. The molecule has 0 aromatic heterocycles. The zero-order valence-electron chi connectivity index (χ0n) is 10.5. The van der Waals surface area contributed by atoms with Crippen LogP contribution >= 0.6 is 0 Å². The average Bonchev–Trinajstić information content (AvgIpc) is 2.11. The van der Waals surface area contributed by atoms with Crippen LogP contribution in [0.25, 0.3) is 0 Å². The fraction of sp³-hybridized carbons (Fsp3) is 0.714. The van der Waals surface area contributed by atoms with Crippen LogP contribution in [0.15, 0.2) is 0 Å². The van der Waals surface area contributed by atoms with Crippen molar-refractivity contribution in [2.45, 2.75) is 13.2 Å². The molecule has 1 amide bonds. The molecule has 8 heteroatoms. The van der Waals surface area contributed by atoms with Crippen molar-refractivity contribution in [3.63, 3.8) is 0 Å². The minimum atomic E-state index is -0.583. The molecule has 0 rings (SSSR count). The van der Waals surface area contributed by atoms with E-state index in [1.165, 1.54) is 7.11 Å². The second-order valence-electron chi connectivity index (χ2n) is 2.76. The van der Waals surface area contributed by atoms with Crippen LogP contribution in [0.1, 0.15) is 6.42 Å². The van der Waals surface area contributed by atoms with Gasteiger partial charge in [-0.25, -0.2) is 5.06 Å². The third-order valence-corrected chi connectivity index (χ3v) is 1.77.